The molecule has 0 saturated carbocycles. The lowest BCUT2D eigenvalue weighted by Crippen LogP contribution is -2.65. The molecule has 6 aliphatic heterocycles. The van der Waals surface area contributed by atoms with Crippen LogP contribution in [0.3, 0.4) is 0 Å². The average molecular weight is 756 g/mol. The lowest BCUT2D eigenvalue weighted by atomic mass is 9.71. The highest BCUT2D eigenvalue weighted by Gasteiger charge is 2.48. The van der Waals surface area contributed by atoms with Gasteiger partial charge >= 0.3 is 0 Å². The number of anilines is 2. The number of nitrogens with zero attached hydrogens (tertiary/aromatic N) is 4. The van der Waals surface area contributed by atoms with Gasteiger partial charge in [0, 0.05) is 67.7 Å². The topological polar surface area (TPSA) is 97.8 Å². The van der Waals surface area contributed by atoms with Crippen LogP contribution in [0.15, 0.2) is 79.0 Å². The van der Waals surface area contributed by atoms with Crippen LogP contribution in [0.4, 0.5) is 11.4 Å². The summed E-state index contributed by atoms with van der Waals surface area (Å²) >= 11 is 0. The van der Waals surface area contributed by atoms with E-state index in [-0.39, 0.29) is 23.5 Å². The summed E-state index contributed by atoms with van der Waals surface area (Å²) in [6.07, 6.45) is 10.2. The zero-order chi connectivity index (χ0) is 38.1. The smallest absolute Gasteiger partial charge is 0.255 e. The summed E-state index contributed by atoms with van der Waals surface area (Å²) in [6, 6.07) is 18.9. The molecule has 2 amide bonds. The molecule has 3 aromatic rings. The van der Waals surface area contributed by atoms with E-state index in [1.165, 1.54) is 28.8 Å². The first-order chi connectivity index (χ1) is 27.3. The number of allylic oxidation sites excluding steroid dienone is 3. The van der Waals surface area contributed by atoms with Gasteiger partial charge in [-0.2, -0.15) is 0 Å². The van der Waals surface area contributed by atoms with E-state index in [2.05, 4.69) is 76.0 Å². The van der Waals surface area contributed by atoms with Gasteiger partial charge in [0.25, 0.3) is 5.91 Å². The summed E-state index contributed by atoms with van der Waals surface area (Å²) in [5.41, 5.74) is 8.53. The SMILES string of the molecule is C=C1CCC(N2Cc3c(ccc4c3OC[C@H]3CN(CC5CCC6(CN(c7ccc([C@@H]8c9ccc(O)cc9CC[C@@H]8/C=C/C)cc7)C6)OC5)CCN43)C2=O)C(=O)N1. The number of phenolic OH excluding ortho intramolecular Hbond substituents is 1. The normalized spacial score (nSPS) is 28.3. The Morgan fingerprint density at radius 1 is 0.982 bits per heavy atom. The second kappa shape index (κ2) is 14.0. The van der Waals surface area contributed by atoms with Crippen LogP contribution in [0.2, 0.25) is 0 Å². The van der Waals surface area contributed by atoms with E-state index < -0.39 is 6.04 Å². The van der Waals surface area contributed by atoms with Crippen molar-refractivity contribution < 1.29 is 24.2 Å². The monoisotopic (exact) mass is 755 g/mol. The van der Waals surface area contributed by atoms with Gasteiger partial charge in [0.05, 0.1) is 24.9 Å². The molecule has 3 aromatic carbocycles. The van der Waals surface area contributed by atoms with Crippen molar-refractivity contribution in [3.63, 3.8) is 0 Å². The minimum atomic E-state index is -0.476. The van der Waals surface area contributed by atoms with Crippen molar-refractivity contribution in [1.82, 2.24) is 15.1 Å². The van der Waals surface area contributed by atoms with Gasteiger partial charge in [-0.05, 0) is 110 Å². The number of aryl methyl sites for hydroxylation is 1. The van der Waals surface area contributed by atoms with Gasteiger partial charge in [0.15, 0.2) is 0 Å². The fraction of sp³-hybridized carbons (Fsp3) is 0.478. The molecular formula is C46H53N5O5. The molecule has 5 atom stereocenters. The number of nitrogens with one attached hydrogen (secondary N) is 1. The first-order valence-corrected chi connectivity index (χ1v) is 20.8. The van der Waals surface area contributed by atoms with Gasteiger partial charge in [-0.15, -0.1) is 0 Å². The molecular weight excluding hydrogens is 703 g/mol. The number of hydrogen-bond acceptors (Lipinski definition) is 8. The highest BCUT2D eigenvalue weighted by molar-refractivity contribution is 6.03. The van der Waals surface area contributed by atoms with Gasteiger partial charge in [0.2, 0.25) is 5.91 Å². The highest BCUT2D eigenvalue weighted by atomic mass is 16.5. The number of amides is 2. The molecule has 7 aliphatic rings. The van der Waals surface area contributed by atoms with E-state index in [9.17, 15) is 14.7 Å². The van der Waals surface area contributed by atoms with Crippen LogP contribution in [0.25, 0.3) is 0 Å². The standard InChI is InChI=1S/C46H53N5O5/c1-3-4-31-6-7-33-21-36(52)12-13-37(33)42(31)32-8-10-34(11-9-32)49-27-46(28-49)18-17-30(25-56-46)22-48-19-20-50-35(23-48)26-55-43-39-24-51(41-15-5-29(2)47-44(41)53)45(54)38(39)14-16-40(43)50/h3-4,8-14,16,21,30-31,35,41-42,52H,2,5-7,15,17-20,22-28H2,1H3,(H,47,53)/b4-3+/t30?,31-,35+,41?,42+/m0/s1. The summed E-state index contributed by atoms with van der Waals surface area (Å²) < 4.78 is 13.2. The predicted octanol–water partition coefficient (Wildman–Crippen LogP) is 5.98. The number of phenols is 1. The average Bonchev–Trinajstić information content (AvgIpc) is 3.53. The molecule has 2 N–H and O–H groups in total. The van der Waals surface area contributed by atoms with Crippen molar-refractivity contribution in [3.8, 4) is 11.5 Å². The Morgan fingerprint density at radius 3 is 2.62 bits per heavy atom. The first kappa shape index (κ1) is 35.6. The van der Waals surface area contributed by atoms with Crippen molar-refractivity contribution in [2.45, 2.75) is 75.6 Å². The molecule has 0 aromatic heterocycles. The highest BCUT2D eigenvalue weighted by Crippen LogP contribution is 2.46. The molecule has 10 heteroatoms. The van der Waals surface area contributed by atoms with Crippen molar-refractivity contribution in [1.29, 1.82) is 0 Å². The third-order valence-electron chi connectivity index (χ3n) is 13.9. The van der Waals surface area contributed by atoms with E-state index in [0.29, 0.717) is 60.8 Å². The molecule has 4 saturated heterocycles. The molecule has 1 spiro atoms. The van der Waals surface area contributed by atoms with E-state index in [4.69, 9.17) is 9.47 Å². The molecule has 1 aliphatic carbocycles. The van der Waals surface area contributed by atoms with Gasteiger partial charge in [-0.1, -0.05) is 36.9 Å². The predicted molar refractivity (Wildman–Crippen MR) is 216 cm³/mol. The fourth-order valence-electron chi connectivity index (χ4n) is 10.9. The lowest BCUT2D eigenvalue weighted by Gasteiger charge is -2.54. The second-order valence-electron chi connectivity index (χ2n) is 17.4. The number of rotatable bonds is 6. The molecule has 4 fully saturated rings. The van der Waals surface area contributed by atoms with E-state index in [0.717, 1.165) is 82.1 Å². The number of fused-ring (bicyclic) bond motifs is 6. The van der Waals surface area contributed by atoms with Crippen LogP contribution >= 0.6 is 0 Å². The molecule has 56 heavy (non-hydrogen) atoms. The molecule has 0 bridgehead atoms. The van der Waals surface area contributed by atoms with Crippen LogP contribution in [-0.4, -0.2) is 96.9 Å². The second-order valence-corrected chi connectivity index (χ2v) is 17.4. The maximum Gasteiger partial charge on any atom is 0.255 e. The number of aromatic hydroxyl groups is 1. The Labute approximate surface area is 329 Å². The quantitative estimate of drug-likeness (QED) is 0.297. The summed E-state index contributed by atoms with van der Waals surface area (Å²) in [4.78, 5) is 35.4. The van der Waals surface area contributed by atoms with E-state index in [1.54, 1.807) is 4.90 Å². The van der Waals surface area contributed by atoms with Crippen LogP contribution < -0.4 is 19.9 Å². The Kier molecular flexibility index (Phi) is 8.89. The van der Waals surface area contributed by atoms with Crippen molar-refractivity contribution in [3.05, 3.63) is 107 Å². The van der Waals surface area contributed by atoms with Crippen molar-refractivity contribution in [2.75, 3.05) is 62.3 Å². The Balaban J connectivity index is 0.722. The third-order valence-corrected chi connectivity index (χ3v) is 13.9. The minimum Gasteiger partial charge on any atom is -0.508 e. The Hall–Kier alpha value is -4.80. The summed E-state index contributed by atoms with van der Waals surface area (Å²) in [7, 11) is 0. The van der Waals surface area contributed by atoms with Crippen molar-refractivity contribution >= 4 is 23.2 Å². The molecule has 2 unspecified atom stereocenters. The molecule has 10 nitrogen and oxygen atoms in total. The number of ether oxygens (including phenoxy) is 2. The van der Waals surface area contributed by atoms with Crippen LogP contribution in [0, 0.1) is 11.8 Å². The summed E-state index contributed by atoms with van der Waals surface area (Å²) in [5, 5.41) is 13.0. The molecule has 292 valence electrons. The Morgan fingerprint density at radius 2 is 1.84 bits per heavy atom. The minimum absolute atomic E-state index is 0.0390. The maximum absolute atomic E-state index is 13.4. The van der Waals surface area contributed by atoms with Gasteiger partial charge in [-0.3, -0.25) is 14.5 Å². The number of hydrogen-bond donors (Lipinski definition) is 2. The molecule has 10 rings (SSSR count). The molecule has 6 heterocycles. The zero-order valence-corrected chi connectivity index (χ0v) is 32.4. The maximum atomic E-state index is 13.4. The summed E-state index contributed by atoms with van der Waals surface area (Å²) in [6.45, 7) is 13.6. The van der Waals surface area contributed by atoms with Crippen LogP contribution in [-0.2, 0) is 22.5 Å². The van der Waals surface area contributed by atoms with Gasteiger partial charge in [-0.25, -0.2) is 0 Å². The first-order valence-electron chi connectivity index (χ1n) is 20.8. The van der Waals surface area contributed by atoms with Crippen LogP contribution in [0.1, 0.15) is 77.6 Å². The zero-order valence-electron chi connectivity index (χ0n) is 32.4. The largest absolute Gasteiger partial charge is 0.508 e. The van der Waals surface area contributed by atoms with E-state index in [1.807, 2.05) is 24.3 Å². The number of piperidine rings is 1. The lowest BCUT2D eigenvalue weighted by molar-refractivity contribution is -0.126. The van der Waals surface area contributed by atoms with E-state index >= 15 is 0 Å². The molecule has 0 radical (unpaired) electrons. The number of piperazine rings is 1. The van der Waals surface area contributed by atoms with Gasteiger partial charge in [0.1, 0.15) is 29.7 Å². The third kappa shape index (κ3) is 6.16. The van der Waals surface area contributed by atoms with Crippen molar-refractivity contribution in [2.24, 2.45) is 11.8 Å². The fourth-order valence-corrected chi connectivity index (χ4v) is 10.9. The van der Waals surface area contributed by atoms with Crippen LogP contribution in [0.5, 0.6) is 11.5 Å². The van der Waals surface area contributed by atoms with Gasteiger partial charge < -0.3 is 34.6 Å². The number of carbonyl (C=O) groups is 2. The number of carbonyl (C=O) groups excluding carboxylic acids is 2. The Bertz CT molecular complexity index is 2080. The number of benzene rings is 3. The summed E-state index contributed by atoms with van der Waals surface area (Å²) in [5.74, 6) is 2.22.